The average Bonchev–Trinajstić information content (AvgIpc) is 3.25. The van der Waals surface area contributed by atoms with Crippen molar-refractivity contribution in [3.8, 4) is 11.5 Å². The van der Waals surface area contributed by atoms with Crippen molar-refractivity contribution in [3.05, 3.63) is 77.2 Å². The Balaban J connectivity index is 1.26. The zero-order chi connectivity index (χ0) is 19.6. The number of anilines is 1. The summed E-state index contributed by atoms with van der Waals surface area (Å²) in [6, 6.07) is 15.8. The van der Waals surface area contributed by atoms with Gasteiger partial charge >= 0.3 is 0 Å². The molecule has 0 unspecified atom stereocenters. The molecule has 0 fully saturated rings. The highest BCUT2D eigenvalue weighted by Crippen LogP contribution is 2.32. The van der Waals surface area contributed by atoms with Crippen LogP contribution in [-0.2, 0) is 19.5 Å². The molecule has 0 atom stereocenters. The first kappa shape index (κ1) is 17.5. The quantitative estimate of drug-likeness (QED) is 0.741. The number of aromatic nitrogens is 2. The largest absolute Gasteiger partial charge is 0.454 e. The highest BCUT2D eigenvalue weighted by atomic mass is 16.7. The fourth-order valence-electron chi connectivity index (χ4n) is 3.66. The number of ether oxygens (including phenoxy) is 2. The minimum atomic E-state index is -0.233. The van der Waals surface area contributed by atoms with E-state index in [-0.39, 0.29) is 12.7 Å². The molecule has 1 N–H and O–H groups in total. The van der Waals surface area contributed by atoms with Crippen LogP contribution in [0.15, 0.2) is 54.9 Å². The number of carbonyl (C=O) groups is 1. The molecule has 0 saturated carbocycles. The van der Waals surface area contributed by atoms with Crippen molar-refractivity contribution in [2.24, 2.45) is 0 Å². The van der Waals surface area contributed by atoms with Crippen molar-refractivity contribution in [3.63, 3.8) is 0 Å². The lowest BCUT2D eigenvalue weighted by Gasteiger charge is -2.29. The van der Waals surface area contributed by atoms with E-state index in [1.165, 1.54) is 17.5 Å². The minimum absolute atomic E-state index is 0.232. The van der Waals surface area contributed by atoms with Gasteiger partial charge in [0.25, 0.3) is 5.91 Å². The van der Waals surface area contributed by atoms with Gasteiger partial charge < -0.3 is 19.7 Å². The number of fused-ring (bicyclic) bond motifs is 2. The van der Waals surface area contributed by atoms with Gasteiger partial charge in [0, 0.05) is 25.7 Å². The van der Waals surface area contributed by atoms with Crippen LogP contribution >= 0.6 is 0 Å². The Kier molecular flexibility index (Phi) is 4.48. The number of hydrogen-bond acceptors (Lipinski definition) is 6. The molecule has 7 heteroatoms. The molecule has 0 aliphatic carbocycles. The van der Waals surface area contributed by atoms with Gasteiger partial charge in [0.1, 0.15) is 17.8 Å². The first-order valence-corrected chi connectivity index (χ1v) is 9.57. The molecular formula is C22H20N4O3. The third-order valence-corrected chi connectivity index (χ3v) is 5.23. The number of rotatable bonds is 4. The highest BCUT2D eigenvalue weighted by Gasteiger charge is 2.19. The normalized spacial score (nSPS) is 14.4. The Bertz CT molecular complexity index is 1070. The molecule has 1 amide bonds. The number of hydrogen-bond donors (Lipinski definition) is 1. The van der Waals surface area contributed by atoms with E-state index in [1.807, 2.05) is 18.2 Å². The summed E-state index contributed by atoms with van der Waals surface area (Å²) in [5.74, 6) is 1.96. The van der Waals surface area contributed by atoms with Crippen LogP contribution in [0.2, 0.25) is 0 Å². The van der Waals surface area contributed by atoms with Crippen LogP contribution in [0.1, 0.15) is 27.2 Å². The molecule has 2 aliphatic heterocycles. The molecular weight excluding hydrogens is 368 g/mol. The van der Waals surface area contributed by atoms with Gasteiger partial charge in [-0.1, -0.05) is 30.3 Å². The van der Waals surface area contributed by atoms with Crippen LogP contribution in [0.3, 0.4) is 0 Å². The predicted octanol–water partition coefficient (Wildman–Crippen LogP) is 2.70. The van der Waals surface area contributed by atoms with Gasteiger partial charge in [-0.2, -0.15) is 0 Å². The fraction of sp³-hybridized carbons (Fsp3) is 0.227. The number of amides is 1. The maximum Gasteiger partial charge on any atom is 0.270 e. The summed E-state index contributed by atoms with van der Waals surface area (Å²) < 4.78 is 10.7. The zero-order valence-corrected chi connectivity index (χ0v) is 15.8. The second-order valence-electron chi connectivity index (χ2n) is 7.07. The smallest absolute Gasteiger partial charge is 0.270 e. The van der Waals surface area contributed by atoms with Gasteiger partial charge in [0.05, 0.1) is 0 Å². The summed E-state index contributed by atoms with van der Waals surface area (Å²) in [6.45, 7) is 2.26. The first-order valence-electron chi connectivity index (χ1n) is 9.57. The lowest BCUT2D eigenvalue weighted by atomic mass is 10.00. The van der Waals surface area contributed by atoms with Crippen LogP contribution in [0, 0.1) is 0 Å². The molecule has 3 aromatic rings. The van der Waals surface area contributed by atoms with Crippen molar-refractivity contribution in [1.82, 2.24) is 15.3 Å². The Morgan fingerprint density at radius 2 is 1.90 bits per heavy atom. The fourth-order valence-corrected chi connectivity index (χ4v) is 3.66. The maximum absolute atomic E-state index is 12.6. The highest BCUT2D eigenvalue weighted by molar-refractivity contribution is 5.92. The van der Waals surface area contributed by atoms with Crippen LogP contribution in [0.25, 0.3) is 0 Å². The summed E-state index contributed by atoms with van der Waals surface area (Å²) >= 11 is 0. The average molecular weight is 388 g/mol. The van der Waals surface area contributed by atoms with Crippen LogP contribution in [-0.4, -0.2) is 29.2 Å². The number of carbonyl (C=O) groups excluding carboxylic acids is 1. The lowest BCUT2D eigenvalue weighted by molar-refractivity contribution is 0.0945. The summed E-state index contributed by atoms with van der Waals surface area (Å²) in [5.41, 5.74) is 3.96. The summed E-state index contributed by atoms with van der Waals surface area (Å²) in [7, 11) is 0. The van der Waals surface area contributed by atoms with Crippen LogP contribution in [0.4, 0.5) is 5.82 Å². The standard InChI is InChI=1S/C22H20N4O3/c27-22(23-11-15-5-6-19-20(9-15)29-14-28-19)18-10-21(25-13-24-18)26-8-7-16-3-1-2-4-17(16)12-26/h1-6,9-10,13H,7-8,11-12,14H2,(H,23,27). The molecule has 0 spiro atoms. The molecule has 0 bridgehead atoms. The second-order valence-corrected chi connectivity index (χ2v) is 7.07. The van der Waals surface area contributed by atoms with E-state index in [0.29, 0.717) is 18.0 Å². The SMILES string of the molecule is O=C(NCc1ccc2c(c1)OCO2)c1cc(N2CCc3ccccc3C2)ncn1. The third-order valence-electron chi connectivity index (χ3n) is 5.23. The summed E-state index contributed by atoms with van der Waals surface area (Å²) in [4.78, 5) is 23.3. The second kappa shape index (κ2) is 7.43. The van der Waals surface area contributed by atoms with E-state index in [1.54, 1.807) is 6.07 Å². The van der Waals surface area contributed by atoms with Gasteiger partial charge in [-0.15, -0.1) is 0 Å². The van der Waals surface area contributed by atoms with E-state index < -0.39 is 0 Å². The topological polar surface area (TPSA) is 76.6 Å². The van der Waals surface area contributed by atoms with E-state index in [4.69, 9.17) is 9.47 Å². The van der Waals surface area contributed by atoms with Crippen molar-refractivity contribution in [1.29, 1.82) is 0 Å². The summed E-state index contributed by atoms with van der Waals surface area (Å²) in [6.07, 6.45) is 2.41. The molecule has 7 nitrogen and oxygen atoms in total. The Morgan fingerprint density at radius 1 is 1.03 bits per heavy atom. The molecule has 1 aromatic heterocycles. The molecule has 146 valence electrons. The number of nitrogens with zero attached hydrogens (tertiary/aromatic N) is 3. The molecule has 2 aromatic carbocycles. The molecule has 0 saturated heterocycles. The Morgan fingerprint density at radius 3 is 2.83 bits per heavy atom. The monoisotopic (exact) mass is 388 g/mol. The number of benzene rings is 2. The molecule has 2 aliphatic rings. The molecule has 5 rings (SSSR count). The zero-order valence-electron chi connectivity index (χ0n) is 15.8. The number of nitrogens with one attached hydrogen (secondary N) is 1. The van der Waals surface area contributed by atoms with Gasteiger partial charge in [-0.25, -0.2) is 9.97 Å². The molecule has 3 heterocycles. The maximum atomic E-state index is 12.6. The molecule has 29 heavy (non-hydrogen) atoms. The van der Waals surface area contributed by atoms with E-state index in [9.17, 15) is 4.79 Å². The minimum Gasteiger partial charge on any atom is -0.454 e. The van der Waals surface area contributed by atoms with Gasteiger partial charge in [-0.3, -0.25) is 4.79 Å². The Hall–Kier alpha value is -3.61. The first-order chi connectivity index (χ1) is 14.3. The Labute approximate surface area is 168 Å². The van der Waals surface area contributed by atoms with Gasteiger partial charge in [0.15, 0.2) is 11.5 Å². The van der Waals surface area contributed by atoms with Crippen molar-refractivity contribution < 1.29 is 14.3 Å². The van der Waals surface area contributed by atoms with Crippen LogP contribution < -0.4 is 19.7 Å². The van der Waals surface area contributed by atoms with E-state index >= 15 is 0 Å². The third kappa shape index (κ3) is 3.59. The van der Waals surface area contributed by atoms with Crippen molar-refractivity contribution >= 4 is 11.7 Å². The van der Waals surface area contributed by atoms with Crippen molar-refractivity contribution in [2.75, 3.05) is 18.2 Å². The van der Waals surface area contributed by atoms with Gasteiger partial charge in [-0.05, 0) is 35.2 Å². The van der Waals surface area contributed by atoms with Gasteiger partial charge in [0.2, 0.25) is 6.79 Å². The molecule has 0 radical (unpaired) electrons. The predicted molar refractivity (Wildman–Crippen MR) is 107 cm³/mol. The van der Waals surface area contributed by atoms with E-state index in [2.05, 4.69) is 44.5 Å². The van der Waals surface area contributed by atoms with Crippen LogP contribution in [0.5, 0.6) is 11.5 Å². The summed E-state index contributed by atoms with van der Waals surface area (Å²) in [5, 5.41) is 2.91. The van der Waals surface area contributed by atoms with Crippen molar-refractivity contribution in [2.45, 2.75) is 19.5 Å². The van der Waals surface area contributed by atoms with E-state index in [0.717, 1.165) is 36.6 Å². The lowest BCUT2D eigenvalue weighted by Crippen LogP contribution is -2.31.